The van der Waals surface area contributed by atoms with Crippen LogP contribution in [0.5, 0.6) is 5.88 Å². The summed E-state index contributed by atoms with van der Waals surface area (Å²) in [5.41, 5.74) is 0.676. The fourth-order valence-corrected chi connectivity index (χ4v) is 1.55. The number of ether oxygens (including phenoxy) is 1. The first-order chi connectivity index (χ1) is 7.66. The molecule has 4 nitrogen and oxygen atoms in total. The van der Waals surface area contributed by atoms with E-state index >= 15 is 0 Å². The van der Waals surface area contributed by atoms with Crippen LogP contribution in [-0.4, -0.2) is 22.7 Å². The lowest BCUT2D eigenvalue weighted by Gasteiger charge is -2.04. The second-order valence-corrected chi connectivity index (χ2v) is 3.55. The summed E-state index contributed by atoms with van der Waals surface area (Å²) in [6.45, 7) is -0.404. The SMILES string of the molecule is O=C(O)COc1ccc2c(Cl)cccc2n1. The van der Waals surface area contributed by atoms with Crippen molar-refractivity contribution in [3.05, 3.63) is 35.4 Å². The van der Waals surface area contributed by atoms with Crippen molar-refractivity contribution in [3.63, 3.8) is 0 Å². The third-order valence-corrected chi connectivity index (χ3v) is 2.33. The van der Waals surface area contributed by atoms with Crippen molar-refractivity contribution in [1.82, 2.24) is 4.98 Å². The monoisotopic (exact) mass is 237 g/mol. The molecule has 16 heavy (non-hydrogen) atoms. The van der Waals surface area contributed by atoms with Crippen LogP contribution in [0.1, 0.15) is 0 Å². The van der Waals surface area contributed by atoms with Crippen LogP contribution in [0.2, 0.25) is 5.02 Å². The largest absolute Gasteiger partial charge is 0.479 e. The van der Waals surface area contributed by atoms with E-state index in [4.69, 9.17) is 21.4 Å². The molecule has 1 aromatic heterocycles. The number of hydrogen-bond donors (Lipinski definition) is 1. The lowest BCUT2D eigenvalue weighted by atomic mass is 10.2. The molecule has 0 aliphatic rings. The van der Waals surface area contributed by atoms with E-state index in [1.165, 1.54) is 0 Å². The van der Waals surface area contributed by atoms with Crippen molar-refractivity contribution < 1.29 is 14.6 Å². The number of halogens is 1. The second kappa shape index (κ2) is 4.37. The summed E-state index contributed by atoms with van der Waals surface area (Å²) >= 11 is 5.96. The molecular weight excluding hydrogens is 230 g/mol. The standard InChI is InChI=1S/C11H8ClNO3/c12-8-2-1-3-9-7(8)4-5-10(13-9)16-6-11(14)15/h1-5H,6H2,(H,14,15). The highest BCUT2D eigenvalue weighted by molar-refractivity contribution is 6.35. The molecule has 0 aliphatic heterocycles. The van der Waals surface area contributed by atoms with E-state index in [0.717, 1.165) is 5.39 Å². The van der Waals surface area contributed by atoms with Crippen LogP contribution in [0, 0.1) is 0 Å². The van der Waals surface area contributed by atoms with Crippen molar-refractivity contribution in [1.29, 1.82) is 0 Å². The van der Waals surface area contributed by atoms with Crippen molar-refractivity contribution in [2.45, 2.75) is 0 Å². The van der Waals surface area contributed by atoms with Gasteiger partial charge in [0, 0.05) is 16.5 Å². The van der Waals surface area contributed by atoms with Gasteiger partial charge in [0.25, 0.3) is 0 Å². The zero-order valence-electron chi connectivity index (χ0n) is 8.18. The lowest BCUT2D eigenvalue weighted by molar-refractivity contribution is -0.139. The summed E-state index contributed by atoms with van der Waals surface area (Å²) in [6, 6.07) is 8.68. The molecule has 82 valence electrons. The Hall–Kier alpha value is -1.81. The van der Waals surface area contributed by atoms with E-state index in [9.17, 15) is 4.79 Å². The number of fused-ring (bicyclic) bond motifs is 1. The number of carboxylic acid groups (broad SMARTS) is 1. The summed E-state index contributed by atoms with van der Waals surface area (Å²) in [5.74, 6) is -0.759. The zero-order valence-corrected chi connectivity index (χ0v) is 8.94. The first-order valence-electron chi connectivity index (χ1n) is 4.56. The normalized spacial score (nSPS) is 10.3. The number of rotatable bonds is 3. The van der Waals surface area contributed by atoms with Gasteiger partial charge in [0.2, 0.25) is 5.88 Å². The van der Waals surface area contributed by atoms with Crippen LogP contribution in [0.25, 0.3) is 10.9 Å². The molecule has 1 heterocycles. The molecular formula is C11H8ClNO3. The average molecular weight is 238 g/mol. The Labute approximate surface area is 96.4 Å². The second-order valence-electron chi connectivity index (χ2n) is 3.14. The molecule has 0 unspecified atom stereocenters. The minimum absolute atomic E-state index is 0.275. The van der Waals surface area contributed by atoms with E-state index in [1.807, 2.05) is 0 Å². The van der Waals surface area contributed by atoms with Gasteiger partial charge in [0.05, 0.1) is 5.52 Å². The third kappa shape index (κ3) is 2.23. The maximum absolute atomic E-state index is 10.3. The van der Waals surface area contributed by atoms with Crippen molar-refractivity contribution in [3.8, 4) is 5.88 Å². The van der Waals surface area contributed by atoms with Crippen LogP contribution < -0.4 is 4.74 Å². The number of nitrogens with zero attached hydrogens (tertiary/aromatic N) is 1. The summed E-state index contributed by atoms with van der Waals surface area (Å²) < 4.78 is 4.96. The van der Waals surface area contributed by atoms with Gasteiger partial charge >= 0.3 is 5.97 Å². The predicted octanol–water partition coefficient (Wildman–Crippen LogP) is 2.35. The average Bonchev–Trinajstić information content (AvgIpc) is 2.26. The van der Waals surface area contributed by atoms with E-state index in [-0.39, 0.29) is 5.88 Å². The molecule has 0 saturated carbocycles. The fraction of sp³-hybridized carbons (Fsp3) is 0.0909. The Morgan fingerprint density at radius 3 is 2.94 bits per heavy atom. The van der Waals surface area contributed by atoms with Gasteiger partial charge in [-0.1, -0.05) is 17.7 Å². The van der Waals surface area contributed by atoms with Gasteiger partial charge < -0.3 is 9.84 Å². The Balaban J connectivity index is 2.33. The number of carboxylic acids is 1. The number of aliphatic carboxylic acids is 1. The van der Waals surface area contributed by atoms with Crippen molar-refractivity contribution in [2.24, 2.45) is 0 Å². The molecule has 0 saturated heterocycles. The van der Waals surface area contributed by atoms with Crippen LogP contribution in [0.4, 0.5) is 0 Å². The molecule has 5 heteroatoms. The molecule has 1 N–H and O–H groups in total. The van der Waals surface area contributed by atoms with Crippen LogP contribution in [0.15, 0.2) is 30.3 Å². The van der Waals surface area contributed by atoms with Crippen LogP contribution in [-0.2, 0) is 4.79 Å². The van der Waals surface area contributed by atoms with Crippen molar-refractivity contribution in [2.75, 3.05) is 6.61 Å². The van der Waals surface area contributed by atoms with Gasteiger partial charge in [0.15, 0.2) is 6.61 Å². The molecule has 0 fully saturated rings. The molecule has 0 bridgehead atoms. The Morgan fingerprint density at radius 1 is 1.38 bits per heavy atom. The predicted molar refractivity (Wildman–Crippen MR) is 59.9 cm³/mol. The first-order valence-corrected chi connectivity index (χ1v) is 4.94. The molecule has 0 amide bonds. The van der Waals surface area contributed by atoms with Gasteiger partial charge in [0.1, 0.15) is 0 Å². The zero-order chi connectivity index (χ0) is 11.5. The maximum Gasteiger partial charge on any atom is 0.341 e. The van der Waals surface area contributed by atoms with E-state index in [2.05, 4.69) is 4.98 Å². The topological polar surface area (TPSA) is 59.4 Å². The number of pyridine rings is 1. The minimum atomic E-state index is -1.03. The molecule has 1 aromatic carbocycles. The van der Waals surface area contributed by atoms with E-state index in [0.29, 0.717) is 10.5 Å². The summed E-state index contributed by atoms with van der Waals surface area (Å²) in [7, 11) is 0. The van der Waals surface area contributed by atoms with Gasteiger partial charge in [-0.2, -0.15) is 0 Å². The first kappa shape index (κ1) is 10.7. The van der Waals surface area contributed by atoms with Crippen molar-refractivity contribution >= 4 is 28.5 Å². The minimum Gasteiger partial charge on any atom is -0.479 e. The molecule has 2 aromatic rings. The molecule has 0 aliphatic carbocycles. The van der Waals surface area contributed by atoms with Crippen LogP contribution in [0.3, 0.4) is 0 Å². The van der Waals surface area contributed by atoms with Gasteiger partial charge in [-0.25, -0.2) is 9.78 Å². The quantitative estimate of drug-likeness (QED) is 0.890. The highest BCUT2D eigenvalue weighted by atomic mass is 35.5. The summed E-state index contributed by atoms with van der Waals surface area (Å²) in [4.78, 5) is 14.5. The Bertz CT molecular complexity index is 542. The smallest absolute Gasteiger partial charge is 0.341 e. The van der Waals surface area contributed by atoms with Gasteiger partial charge in [-0.15, -0.1) is 0 Å². The highest BCUT2D eigenvalue weighted by Gasteiger charge is 2.03. The number of carbonyl (C=O) groups is 1. The molecule has 0 spiro atoms. The fourth-order valence-electron chi connectivity index (χ4n) is 1.31. The maximum atomic E-state index is 10.3. The third-order valence-electron chi connectivity index (χ3n) is 2.00. The van der Waals surface area contributed by atoms with Crippen LogP contribution >= 0.6 is 11.6 Å². The molecule has 0 radical (unpaired) electrons. The number of aromatic nitrogens is 1. The van der Waals surface area contributed by atoms with Gasteiger partial charge in [-0.05, 0) is 18.2 Å². The highest BCUT2D eigenvalue weighted by Crippen LogP contribution is 2.23. The van der Waals surface area contributed by atoms with E-state index < -0.39 is 12.6 Å². The lowest BCUT2D eigenvalue weighted by Crippen LogP contribution is -2.10. The number of benzene rings is 1. The Morgan fingerprint density at radius 2 is 2.19 bits per heavy atom. The molecule has 0 atom stereocenters. The summed E-state index contributed by atoms with van der Waals surface area (Å²) in [5, 5.41) is 9.88. The number of hydrogen-bond acceptors (Lipinski definition) is 3. The molecule has 2 rings (SSSR count). The Kier molecular flexibility index (Phi) is 2.92. The summed E-state index contributed by atoms with van der Waals surface area (Å²) in [6.07, 6.45) is 0. The van der Waals surface area contributed by atoms with Gasteiger partial charge in [-0.3, -0.25) is 0 Å². The van der Waals surface area contributed by atoms with E-state index in [1.54, 1.807) is 30.3 Å².